The number of nitrogens with zero attached hydrogens (tertiary/aromatic N) is 2. The molecule has 0 aromatic heterocycles. The molecule has 0 amide bonds. The van der Waals surface area contributed by atoms with Crippen LogP contribution in [0.4, 0.5) is 5.69 Å². The molecule has 4 aromatic rings. The lowest BCUT2D eigenvalue weighted by Crippen LogP contribution is -2.33. The molecule has 0 unspecified atom stereocenters. The zero-order chi connectivity index (χ0) is 31.9. The first kappa shape index (κ1) is 27.6. The fraction of sp³-hybridized carbons (Fsp3) is 0.132. The summed E-state index contributed by atoms with van der Waals surface area (Å²) in [6.07, 6.45) is 0. The number of ether oxygens (including phenoxy) is 2. The first-order valence-corrected chi connectivity index (χ1v) is 14.9. The number of aromatic carboxylic acids is 1. The maximum atomic E-state index is 13.5. The van der Waals surface area contributed by atoms with Gasteiger partial charge in [0.25, 0.3) is 0 Å². The molecule has 0 N–H and O–H groups in total. The highest BCUT2D eigenvalue weighted by atomic mass is 16.6. The second kappa shape index (κ2) is 9.81. The van der Waals surface area contributed by atoms with E-state index < -0.39 is 17.5 Å². The smallest absolute Gasteiger partial charge is 0.340 e. The van der Waals surface area contributed by atoms with Crippen molar-refractivity contribution in [2.75, 3.05) is 33.1 Å². The van der Waals surface area contributed by atoms with Gasteiger partial charge in [0.15, 0.2) is 5.60 Å². The summed E-state index contributed by atoms with van der Waals surface area (Å²) in [6.45, 7) is 0. The lowest BCUT2D eigenvalue weighted by molar-refractivity contribution is -0.254. The van der Waals surface area contributed by atoms with E-state index in [1.807, 2.05) is 98.3 Å². The van der Waals surface area contributed by atoms with E-state index in [4.69, 9.17) is 13.9 Å². The van der Waals surface area contributed by atoms with Gasteiger partial charge in [0.1, 0.15) is 36.9 Å². The zero-order valence-corrected chi connectivity index (χ0v) is 25.6. The van der Waals surface area contributed by atoms with E-state index in [0.29, 0.717) is 61.6 Å². The quantitative estimate of drug-likeness (QED) is 0.154. The highest BCUT2D eigenvalue weighted by molar-refractivity contribution is 6.08. The van der Waals surface area contributed by atoms with Crippen LogP contribution >= 0.6 is 0 Å². The number of carboxylic acids is 1. The molecule has 226 valence electrons. The van der Waals surface area contributed by atoms with Crippen molar-refractivity contribution in [3.8, 4) is 33.9 Å². The molecule has 8 nitrogen and oxygen atoms in total. The van der Waals surface area contributed by atoms with Crippen LogP contribution in [0.2, 0.25) is 0 Å². The minimum Gasteiger partial charge on any atom is -0.545 e. The molecular weight excluding hydrogens is 580 g/mol. The van der Waals surface area contributed by atoms with Gasteiger partial charge in [0, 0.05) is 76.7 Å². The van der Waals surface area contributed by atoms with Crippen LogP contribution in [0.3, 0.4) is 0 Å². The van der Waals surface area contributed by atoms with Gasteiger partial charge < -0.3 is 28.7 Å². The minimum absolute atomic E-state index is 0.0517. The van der Waals surface area contributed by atoms with Crippen LogP contribution < -0.4 is 24.7 Å². The highest BCUT2D eigenvalue weighted by Crippen LogP contribution is 2.58. The Hall–Kier alpha value is -5.89. The van der Waals surface area contributed by atoms with Gasteiger partial charge in [0.05, 0.1) is 17.6 Å². The molecule has 0 saturated heterocycles. The van der Waals surface area contributed by atoms with E-state index in [1.54, 1.807) is 30.3 Å². The summed E-state index contributed by atoms with van der Waals surface area (Å²) in [7, 11) is 7.78. The van der Waals surface area contributed by atoms with E-state index in [1.165, 1.54) is 6.07 Å². The molecular formula is C38H28N2O6. The Balaban J connectivity index is 1.53. The highest BCUT2D eigenvalue weighted by Gasteiger charge is 2.53. The Bertz CT molecular complexity index is 2330. The Morgan fingerprint density at radius 3 is 2.28 bits per heavy atom. The molecule has 1 aliphatic carbocycles. The van der Waals surface area contributed by atoms with Crippen molar-refractivity contribution in [1.29, 1.82) is 0 Å². The normalized spacial score (nSPS) is 16.0. The lowest BCUT2D eigenvalue weighted by atomic mass is 9.76. The van der Waals surface area contributed by atoms with Gasteiger partial charge in [-0.2, -0.15) is 0 Å². The van der Waals surface area contributed by atoms with Crippen LogP contribution in [0.5, 0.6) is 11.5 Å². The first-order valence-electron chi connectivity index (χ1n) is 14.9. The van der Waals surface area contributed by atoms with Crippen molar-refractivity contribution in [2.45, 2.75) is 5.60 Å². The van der Waals surface area contributed by atoms with Gasteiger partial charge in [0.2, 0.25) is 5.36 Å². The third-order valence-corrected chi connectivity index (χ3v) is 8.97. The molecule has 8 heteroatoms. The number of esters is 1. The van der Waals surface area contributed by atoms with Crippen molar-refractivity contribution in [2.24, 2.45) is 0 Å². The molecule has 3 aliphatic heterocycles. The molecule has 8 rings (SSSR count). The fourth-order valence-corrected chi connectivity index (χ4v) is 6.76. The van der Waals surface area contributed by atoms with Crippen LogP contribution in [0.25, 0.3) is 33.4 Å². The monoisotopic (exact) mass is 608 g/mol. The number of carbonyl (C=O) groups excluding carboxylic acids is 2. The van der Waals surface area contributed by atoms with Crippen LogP contribution in [-0.4, -0.2) is 40.1 Å². The number of fused-ring (bicyclic) bond motifs is 8. The Morgan fingerprint density at radius 1 is 0.783 bits per heavy atom. The van der Waals surface area contributed by atoms with E-state index in [9.17, 15) is 14.7 Å². The molecule has 4 aliphatic rings. The van der Waals surface area contributed by atoms with Gasteiger partial charge in [-0.15, -0.1) is 0 Å². The molecule has 0 fully saturated rings. The number of carbonyl (C=O) groups is 2. The second-order valence-corrected chi connectivity index (χ2v) is 12.0. The van der Waals surface area contributed by atoms with Crippen LogP contribution in [0, 0.1) is 0 Å². The first-order chi connectivity index (χ1) is 22.2. The zero-order valence-electron chi connectivity index (χ0n) is 25.6. The molecule has 0 saturated carbocycles. The van der Waals surface area contributed by atoms with E-state index in [-0.39, 0.29) is 5.56 Å². The Kier molecular flexibility index (Phi) is 5.89. The van der Waals surface area contributed by atoms with E-state index >= 15 is 0 Å². The summed E-state index contributed by atoms with van der Waals surface area (Å²) < 4.78 is 21.6. The minimum atomic E-state index is -1.31. The SMILES string of the molecule is CN(C)c1ccc2c(c1)Oc1cc3oc4cc(=[N+](C)C)ccc-4c(-c4ccccc4C(=O)[O-])c3cc1[C@@]21OC(=O)c2ccccc21. The number of carboxylic acid groups (broad SMARTS) is 1. The number of benzene rings is 5. The van der Waals surface area contributed by atoms with E-state index in [0.717, 1.165) is 16.6 Å². The number of anilines is 1. The molecule has 1 atom stereocenters. The third-order valence-electron chi connectivity index (χ3n) is 8.97. The van der Waals surface area contributed by atoms with E-state index in [2.05, 4.69) is 0 Å². The largest absolute Gasteiger partial charge is 0.545 e. The average Bonchev–Trinajstić information content (AvgIpc) is 3.34. The van der Waals surface area contributed by atoms with Crippen molar-refractivity contribution < 1.29 is 28.6 Å². The fourth-order valence-electron chi connectivity index (χ4n) is 6.76. The van der Waals surface area contributed by atoms with Crippen molar-refractivity contribution in [3.05, 3.63) is 130 Å². The summed E-state index contributed by atoms with van der Waals surface area (Å²) in [5.74, 6) is -0.134. The summed E-state index contributed by atoms with van der Waals surface area (Å²) in [5.41, 5.74) is 4.46. The Morgan fingerprint density at radius 2 is 1.52 bits per heavy atom. The number of hydrogen-bond acceptors (Lipinski definition) is 7. The Labute approximate surface area is 264 Å². The van der Waals surface area contributed by atoms with Gasteiger partial charge in [-0.1, -0.05) is 42.5 Å². The van der Waals surface area contributed by atoms with Gasteiger partial charge in [-0.25, -0.2) is 9.37 Å². The topological polar surface area (TPSA) is 95.1 Å². The van der Waals surface area contributed by atoms with Crippen molar-refractivity contribution in [3.63, 3.8) is 0 Å². The molecule has 1 spiro atoms. The lowest BCUT2D eigenvalue weighted by Gasteiger charge is -2.37. The third kappa shape index (κ3) is 3.83. The average molecular weight is 609 g/mol. The molecule has 0 radical (unpaired) electrons. The molecule has 0 bridgehead atoms. The second-order valence-electron chi connectivity index (χ2n) is 12.0. The van der Waals surface area contributed by atoms with Crippen LogP contribution in [-0.2, 0) is 10.3 Å². The molecule has 46 heavy (non-hydrogen) atoms. The van der Waals surface area contributed by atoms with Gasteiger partial charge in [-0.05, 0) is 35.9 Å². The van der Waals surface area contributed by atoms with Crippen molar-refractivity contribution in [1.82, 2.24) is 4.58 Å². The van der Waals surface area contributed by atoms with Crippen LogP contribution in [0.15, 0.2) is 101 Å². The summed E-state index contributed by atoms with van der Waals surface area (Å²) in [5, 5.41) is 14.0. The number of rotatable bonds is 3. The van der Waals surface area contributed by atoms with Crippen LogP contribution in [0.1, 0.15) is 37.4 Å². The predicted molar refractivity (Wildman–Crippen MR) is 172 cm³/mol. The van der Waals surface area contributed by atoms with Crippen molar-refractivity contribution >= 4 is 28.6 Å². The summed E-state index contributed by atoms with van der Waals surface area (Å²) in [4.78, 5) is 27.9. The molecule has 3 heterocycles. The molecule has 4 aromatic carbocycles. The maximum Gasteiger partial charge on any atom is 0.340 e. The standard InChI is InChI=1S/C38H28N2O6/c1-39(2)21-13-15-26-31(17-21)44-32-20-34-30(19-27(32)35(26)23-9-5-6-10-24(23)36(41)42)38(28-12-8-7-11-25(28)37(43)46-38)29-16-14-22(40(3)4)18-33(29)45-34/h5-20H,1-4H3/t38-/m0/s1. The number of hydrogen-bond donors (Lipinski definition) is 0. The van der Waals surface area contributed by atoms with Gasteiger partial charge >= 0.3 is 5.97 Å². The predicted octanol–water partition coefficient (Wildman–Crippen LogP) is 5.23. The maximum absolute atomic E-state index is 13.5. The summed E-state index contributed by atoms with van der Waals surface area (Å²) >= 11 is 0. The summed E-state index contributed by atoms with van der Waals surface area (Å²) in [6, 6.07) is 29.5. The van der Waals surface area contributed by atoms with Gasteiger partial charge in [-0.3, -0.25) is 0 Å².